The van der Waals surface area contributed by atoms with E-state index in [0.717, 1.165) is 6.26 Å². The monoisotopic (exact) mass is 400 g/mol. The van der Waals surface area contributed by atoms with Gasteiger partial charge in [0.1, 0.15) is 5.82 Å². The molecule has 0 saturated carbocycles. The average molecular weight is 401 g/mol. The quantitative estimate of drug-likeness (QED) is 0.748. The highest BCUT2D eigenvalue weighted by Gasteiger charge is 2.19. The van der Waals surface area contributed by atoms with Crippen molar-refractivity contribution in [3.05, 3.63) is 65.5 Å². The molecule has 5 nitrogen and oxygen atoms in total. The zero-order valence-corrected chi connectivity index (χ0v) is 16.2. The van der Waals surface area contributed by atoms with E-state index in [-0.39, 0.29) is 35.4 Å². The molecule has 0 fully saturated rings. The van der Waals surface area contributed by atoms with Crippen LogP contribution in [0.5, 0.6) is 0 Å². The summed E-state index contributed by atoms with van der Waals surface area (Å²) in [6, 6.07) is 11.6. The smallest absolute Gasteiger partial charge is 0.222 e. The van der Waals surface area contributed by atoms with Crippen LogP contribution < -0.4 is 10.6 Å². The number of sulfone groups is 1. The number of hydrogen-bond acceptors (Lipinski definition) is 4. The van der Waals surface area contributed by atoms with Gasteiger partial charge in [0.05, 0.1) is 10.9 Å². The molecule has 0 radical (unpaired) electrons. The molecule has 0 aliphatic heterocycles. The van der Waals surface area contributed by atoms with Crippen molar-refractivity contribution in [3.63, 3.8) is 0 Å². The Hall–Kier alpha value is -1.96. The highest BCUT2D eigenvalue weighted by Crippen LogP contribution is 2.25. The van der Waals surface area contributed by atoms with Crippen LogP contribution in [0, 0.1) is 5.82 Å². The Morgan fingerprint density at radius 1 is 1.12 bits per heavy atom. The molecule has 2 aromatic rings. The minimum Gasteiger partial charge on any atom is -0.345 e. The molecule has 2 N–H and O–H groups in total. The van der Waals surface area contributed by atoms with Gasteiger partial charge in [-0.05, 0) is 42.4 Å². The second-order valence-corrected chi connectivity index (χ2v) is 7.77. The SMILES string of the molecule is CNCCC(=O)NC(c1ccc(F)cc1)c1cccc(S(C)(=O)=O)c1.Cl. The van der Waals surface area contributed by atoms with Crippen molar-refractivity contribution in [2.24, 2.45) is 0 Å². The predicted molar refractivity (Wildman–Crippen MR) is 102 cm³/mol. The number of nitrogens with one attached hydrogen (secondary N) is 2. The molecule has 1 atom stereocenters. The fourth-order valence-corrected chi connectivity index (χ4v) is 3.09. The van der Waals surface area contributed by atoms with Gasteiger partial charge in [0, 0.05) is 19.2 Å². The molecule has 2 aromatic carbocycles. The van der Waals surface area contributed by atoms with Crippen LogP contribution in [0.4, 0.5) is 4.39 Å². The molecule has 0 heterocycles. The molecule has 0 saturated heterocycles. The summed E-state index contributed by atoms with van der Waals surface area (Å²) in [5.41, 5.74) is 1.29. The first-order chi connectivity index (χ1) is 11.8. The van der Waals surface area contributed by atoms with Crippen molar-refractivity contribution < 1.29 is 17.6 Å². The minimum absolute atomic E-state index is 0. The van der Waals surface area contributed by atoms with Gasteiger partial charge < -0.3 is 10.6 Å². The summed E-state index contributed by atoms with van der Waals surface area (Å²) in [6.07, 6.45) is 1.41. The van der Waals surface area contributed by atoms with Gasteiger partial charge in [-0.3, -0.25) is 4.79 Å². The minimum atomic E-state index is -3.37. The first-order valence-corrected chi connectivity index (χ1v) is 9.70. The number of carbonyl (C=O) groups excluding carboxylic acids is 1. The van der Waals surface area contributed by atoms with Crippen LogP contribution in [-0.4, -0.2) is 34.2 Å². The Kier molecular flexibility index (Phi) is 8.20. The van der Waals surface area contributed by atoms with Crippen LogP contribution in [-0.2, 0) is 14.6 Å². The molecule has 0 aliphatic carbocycles. The molecule has 8 heteroatoms. The van der Waals surface area contributed by atoms with Gasteiger partial charge in [-0.2, -0.15) is 0 Å². The molecule has 0 aliphatic rings. The van der Waals surface area contributed by atoms with Crippen molar-refractivity contribution in [1.29, 1.82) is 0 Å². The first kappa shape index (κ1) is 22.1. The number of rotatable bonds is 7. The second-order valence-electron chi connectivity index (χ2n) is 5.75. The van der Waals surface area contributed by atoms with Gasteiger partial charge in [-0.1, -0.05) is 24.3 Å². The number of benzene rings is 2. The Balaban J connectivity index is 0.00000338. The Morgan fingerprint density at radius 3 is 2.35 bits per heavy atom. The third-order valence-corrected chi connectivity index (χ3v) is 4.84. The van der Waals surface area contributed by atoms with Crippen molar-refractivity contribution in [2.45, 2.75) is 17.4 Å². The van der Waals surface area contributed by atoms with E-state index in [4.69, 9.17) is 0 Å². The Bertz CT molecular complexity index is 842. The van der Waals surface area contributed by atoms with E-state index in [1.165, 1.54) is 24.3 Å². The zero-order chi connectivity index (χ0) is 18.4. The van der Waals surface area contributed by atoms with Gasteiger partial charge in [-0.15, -0.1) is 12.4 Å². The van der Waals surface area contributed by atoms with E-state index in [1.54, 1.807) is 31.3 Å². The van der Waals surface area contributed by atoms with Crippen molar-refractivity contribution in [2.75, 3.05) is 19.8 Å². The number of hydrogen-bond donors (Lipinski definition) is 2. The standard InChI is InChI=1S/C18H21FN2O3S.ClH/c1-20-11-10-17(22)21-18(13-6-8-15(19)9-7-13)14-4-3-5-16(12-14)25(2,23)24;/h3-9,12,18,20H,10-11H2,1-2H3,(H,21,22);1H. The van der Waals surface area contributed by atoms with E-state index in [0.29, 0.717) is 17.7 Å². The second kappa shape index (κ2) is 9.66. The van der Waals surface area contributed by atoms with E-state index in [1.807, 2.05) is 0 Å². The lowest BCUT2D eigenvalue weighted by Crippen LogP contribution is -2.31. The van der Waals surface area contributed by atoms with Gasteiger partial charge in [0.2, 0.25) is 5.91 Å². The van der Waals surface area contributed by atoms with Crippen LogP contribution in [0.2, 0.25) is 0 Å². The van der Waals surface area contributed by atoms with Crippen molar-refractivity contribution in [3.8, 4) is 0 Å². The Morgan fingerprint density at radius 2 is 1.77 bits per heavy atom. The molecule has 2 rings (SSSR count). The molecular formula is C18H22ClFN2O3S. The summed E-state index contributed by atoms with van der Waals surface area (Å²) >= 11 is 0. The van der Waals surface area contributed by atoms with Crippen LogP contribution in [0.3, 0.4) is 0 Å². The summed E-state index contributed by atoms with van der Waals surface area (Å²) in [5.74, 6) is -0.567. The normalized spacial score (nSPS) is 12.1. The van der Waals surface area contributed by atoms with Gasteiger partial charge >= 0.3 is 0 Å². The van der Waals surface area contributed by atoms with Crippen LogP contribution in [0.25, 0.3) is 0 Å². The van der Waals surface area contributed by atoms with Gasteiger partial charge in [-0.25, -0.2) is 12.8 Å². The highest BCUT2D eigenvalue weighted by atomic mass is 35.5. The first-order valence-electron chi connectivity index (χ1n) is 7.80. The summed E-state index contributed by atoms with van der Waals surface area (Å²) < 4.78 is 36.8. The lowest BCUT2D eigenvalue weighted by atomic mass is 9.98. The molecule has 1 amide bonds. The number of amides is 1. The number of carbonyl (C=O) groups is 1. The highest BCUT2D eigenvalue weighted by molar-refractivity contribution is 7.90. The fraction of sp³-hybridized carbons (Fsp3) is 0.278. The maximum atomic E-state index is 13.2. The zero-order valence-electron chi connectivity index (χ0n) is 14.5. The van der Waals surface area contributed by atoms with Crippen LogP contribution in [0.1, 0.15) is 23.6 Å². The van der Waals surface area contributed by atoms with Crippen molar-refractivity contribution >= 4 is 28.2 Å². The number of halogens is 2. The molecular weight excluding hydrogens is 379 g/mol. The lowest BCUT2D eigenvalue weighted by Gasteiger charge is -2.20. The van der Waals surface area contributed by atoms with E-state index in [2.05, 4.69) is 10.6 Å². The molecule has 0 aromatic heterocycles. The summed E-state index contributed by atoms with van der Waals surface area (Å²) in [5, 5.41) is 5.78. The van der Waals surface area contributed by atoms with Crippen LogP contribution >= 0.6 is 12.4 Å². The molecule has 0 bridgehead atoms. The van der Waals surface area contributed by atoms with Gasteiger partial charge in [0.25, 0.3) is 0 Å². The third-order valence-electron chi connectivity index (χ3n) is 3.73. The van der Waals surface area contributed by atoms with Crippen molar-refractivity contribution in [1.82, 2.24) is 10.6 Å². The van der Waals surface area contributed by atoms with E-state index < -0.39 is 15.9 Å². The van der Waals surface area contributed by atoms with Gasteiger partial charge in [0.15, 0.2) is 9.84 Å². The molecule has 26 heavy (non-hydrogen) atoms. The average Bonchev–Trinajstić information content (AvgIpc) is 2.58. The van der Waals surface area contributed by atoms with Crippen LogP contribution in [0.15, 0.2) is 53.4 Å². The summed E-state index contributed by atoms with van der Waals surface area (Å²) in [7, 11) is -1.62. The largest absolute Gasteiger partial charge is 0.345 e. The molecule has 142 valence electrons. The third kappa shape index (κ3) is 6.09. The lowest BCUT2D eigenvalue weighted by molar-refractivity contribution is -0.121. The van der Waals surface area contributed by atoms with E-state index >= 15 is 0 Å². The fourth-order valence-electron chi connectivity index (χ4n) is 2.41. The predicted octanol–water partition coefficient (Wildman–Crippen LogP) is 2.47. The molecule has 0 spiro atoms. The topological polar surface area (TPSA) is 75.3 Å². The Labute approximate surface area is 159 Å². The van der Waals surface area contributed by atoms with E-state index in [9.17, 15) is 17.6 Å². The maximum Gasteiger partial charge on any atom is 0.222 e. The molecule has 1 unspecified atom stereocenters. The summed E-state index contributed by atoms with van der Waals surface area (Å²) in [4.78, 5) is 12.3. The maximum absolute atomic E-state index is 13.2. The summed E-state index contributed by atoms with van der Waals surface area (Å²) in [6.45, 7) is 0.519.